The topological polar surface area (TPSA) is 12.5 Å². The van der Waals surface area contributed by atoms with E-state index >= 15 is 0 Å². The fourth-order valence-electron chi connectivity index (χ4n) is 0.847. The Hall–Kier alpha value is -0.0800. The van der Waals surface area contributed by atoms with Gasteiger partial charge in [-0.05, 0) is 20.0 Å². The predicted molar refractivity (Wildman–Crippen MR) is 60.2 cm³/mol. The van der Waals surface area contributed by atoms with Crippen molar-refractivity contribution in [3.63, 3.8) is 0 Å². The predicted octanol–water partition coefficient (Wildman–Crippen LogP) is 2.78. The zero-order chi connectivity index (χ0) is 10.7. The maximum Gasteiger partial charge on any atom is 0.0695 e. The smallest absolute Gasteiger partial charge is 0.0695 e. The number of rotatable bonds is 5. The van der Waals surface area contributed by atoms with E-state index in [0.29, 0.717) is 6.10 Å². The third-order valence-electron chi connectivity index (χ3n) is 1.84. The number of ether oxygens (including phenoxy) is 1. The SMILES string of the molecule is CCC.CCC(CN(C)CC)OC. The molecule has 0 rings (SSSR count). The third kappa shape index (κ3) is 11.9. The van der Waals surface area contributed by atoms with Crippen LogP contribution in [0, 0.1) is 0 Å². The first kappa shape index (κ1) is 15.4. The Bertz CT molecular complexity index is 82.2. The molecule has 0 spiro atoms. The molecule has 0 aromatic carbocycles. The standard InChI is InChI=1S/C8H19NO.C3H8/c1-5-8(10-4)7-9(3)6-2;1-3-2/h8H,5-7H2,1-4H3;3H2,1-2H3. The Balaban J connectivity index is 0. The van der Waals surface area contributed by atoms with Crippen molar-refractivity contribution in [2.24, 2.45) is 0 Å². The second kappa shape index (κ2) is 11.9. The van der Waals surface area contributed by atoms with Crippen molar-refractivity contribution in [1.29, 1.82) is 0 Å². The van der Waals surface area contributed by atoms with Gasteiger partial charge in [0.15, 0.2) is 0 Å². The van der Waals surface area contributed by atoms with Gasteiger partial charge in [0.1, 0.15) is 0 Å². The molecule has 2 heteroatoms. The summed E-state index contributed by atoms with van der Waals surface area (Å²) in [4.78, 5) is 2.26. The number of methoxy groups -OCH3 is 1. The average Bonchev–Trinajstić information content (AvgIpc) is 2.15. The molecule has 0 N–H and O–H groups in total. The van der Waals surface area contributed by atoms with Crippen LogP contribution in [0.5, 0.6) is 0 Å². The average molecular weight is 189 g/mol. The van der Waals surface area contributed by atoms with Gasteiger partial charge in [0, 0.05) is 13.7 Å². The Morgan fingerprint density at radius 3 is 1.85 bits per heavy atom. The normalized spacial score (nSPS) is 12.2. The number of nitrogens with zero attached hydrogens (tertiary/aromatic N) is 1. The van der Waals surface area contributed by atoms with Gasteiger partial charge in [-0.15, -0.1) is 0 Å². The Labute approximate surface area is 84.3 Å². The molecule has 1 atom stereocenters. The fourth-order valence-corrected chi connectivity index (χ4v) is 0.847. The van der Waals surface area contributed by atoms with E-state index in [9.17, 15) is 0 Å². The highest BCUT2D eigenvalue weighted by Crippen LogP contribution is 1.97. The molecule has 0 amide bonds. The first-order valence-electron chi connectivity index (χ1n) is 5.37. The van der Waals surface area contributed by atoms with Crippen LogP contribution in [0.3, 0.4) is 0 Å². The monoisotopic (exact) mass is 189 g/mol. The quantitative estimate of drug-likeness (QED) is 0.659. The minimum Gasteiger partial charge on any atom is -0.380 e. The molecule has 0 bridgehead atoms. The largest absolute Gasteiger partial charge is 0.380 e. The molecule has 0 radical (unpaired) electrons. The molecule has 13 heavy (non-hydrogen) atoms. The summed E-state index contributed by atoms with van der Waals surface area (Å²) < 4.78 is 5.23. The zero-order valence-corrected chi connectivity index (χ0v) is 10.3. The maximum absolute atomic E-state index is 5.23. The van der Waals surface area contributed by atoms with Gasteiger partial charge in [-0.1, -0.05) is 34.1 Å². The zero-order valence-electron chi connectivity index (χ0n) is 10.3. The molecule has 0 saturated carbocycles. The molecule has 2 nitrogen and oxygen atoms in total. The molecule has 0 aromatic rings. The van der Waals surface area contributed by atoms with Gasteiger partial charge in [0.2, 0.25) is 0 Å². The number of likely N-dealkylation sites (N-methyl/N-ethyl adjacent to an activating group) is 1. The van der Waals surface area contributed by atoms with Crippen LogP contribution in [0.2, 0.25) is 0 Å². The summed E-state index contributed by atoms with van der Waals surface area (Å²) in [7, 11) is 3.89. The minimum absolute atomic E-state index is 0.407. The molecule has 0 aliphatic heterocycles. The highest BCUT2D eigenvalue weighted by Gasteiger charge is 2.05. The fraction of sp³-hybridized carbons (Fsp3) is 1.00. The summed E-state index contributed by atoms with van der Waals surface area (Å²) in [6, 6.07) is 0. The van der Waals surface area contributed by atoms with Crippen LogP contribution in [0.25, 0.3) is 0 Å². The van der Waals surface area contributed by atoms with Gasteiger partial charge in [0.25, 0.3) is 0 Å². The molecule has 1 unspecified atom stereocenters. The molecule has 0 heterocycles. The van der Waals surface area contributed by atoms with Crippen molar-refractivity contribution in [3.8, 4) is 0 Å². The highest BCUT2D eigenvalue weighted by atomic mass is 16.5. The van der Waals surface area contributed by atoms with Gasteiger partial charge < -0.3 is 9.64 Å². The molecule has 0 saturated heterocycles. The van der Waals surface area contributed by atoms with E-state index in [-0.39, 0.29) is 0 Å². The molecule has 0 fully saturated rings. The van der Waals surface area contributed by atoms with Crippen LogP contribution < -0.4 is 0 Å². The van der Waals surface area contributed by atoms with Crippen molar-refractivity contribution in [1.82, 2.24) is 4.90 Å². The summed E-state index contributed by atoms with van der Waals surface area (Å²) in [5, 5.41) is 0. The van der Waals surface area contributed by atoms with E-state index in [1.165, 1.54) is 6.42 Å². The lowest BCUT2D eigenvalue weighted by Crippen LogP contribution is -2.29. The van der Waals surface area contributed by atoms with E-state index < -0.39 is 0 Å². The lowest BCUT2D eigenvalue weighted by atomic mass is 10.2. The van der Waals surface area contributed by atoms with E-state index in [1.807, 2.05) is 0 Å². The summed E-state index contributed by atoms with van der Waals surface area (Å²) in [6.07, 6.45) is 2.76. The van der Waals surface area contributed by atoms with Crippen LogP contribution in [0.15, 0.2) is 0 Å². The third-order valence-corrected chi connectivity index (χ3v) is 1.84. The van der Waals surface area contributed by atoms with E-state index in [4.69, 9.17) is 4.74 Å². The van der Waals surface area contributed by atoms with Crippen molar-refractivity contribution in [2.45, 2.75) is 46.6 Å². The lowest BCUT2D eigenvalue weighted by Gasteiger charge is -2.20. The summed E-state index contributed by atoms with van der Waals surface area (Å²) in [5.74, 6) is 0. The molecule has 82 valence electrons. The van der Waals surface area contributed by atoms with Gasteiger partial charge in [0.05, 0.1) is 6.10 Å². The molecular weight excluding hydrogens is 162 g/mol. The summed E-state index contributed by atoms with van der Waals surface area (Å²) in [5.41, 5.74) is 0. The number of hydrogen-bond acceptors (Lipinski definition) is 2. The van der Waals surface area contributed by atoms with Crippen LogP contribution in [-0.4, -0.2) is 38.3 Å². The Kier molecular flexibility index (Phi) is 14.1. The van der Waals surface area contributed by atoms with Crippen molar-refractivity contribution < 1.29 is 4.74 Å². The first-order valence-corrected chi connectivity index (χ1v) is 5.37. The van der Waals surface area contributed by atoms with E-state index in [0.717, 1.165) is 19.5 Å². The number of hydrogen-bond donors (Lipinski definition) is 0. The van der Waals surface area contributed by atoms with Crippen molar-refractivity contribution >= 4 is 0 Å². The van der Waals surface area contributed by atoms with Crippen LogP contribution in [-0.2, 0) is 4.74 Å². The van der Waals surface area contributed by atoms with Crippen molar-refractivity contribution in [2.75, 3.05) is 27.2 Å². The van der Waals surface area contributed by atoms with E-state index in [2.05, 4.69) is 39.6 Å². The second-order valence-electron chi connectivity index (χ2n) is 3.33. The molecule has 0 aliphatic rings. The maximum atomic E-state index is 5.23. The van der Waals surface area contributed by atoms with Gasteiger partial charge >= 0.3 is 0 Å². The van der Waals surface area contributed by atoms with E-state index in [1.54, 1.807) is 7.11 Å². The molecule has 0 aliphatic carbocycles. The lowest BCUT2D eigenvalue weighted by molar-refractivity contribution is 0.0706. The molecule has 0 aromatic heterocycles. The Morgan fingerprint density at radius 2 is 1.62 bits per heavy atom. The van der Waals surface area contributed by atoms with Crippen molar-refractivity contribution in [3.05, 3.63) is 0 Å². The Morgan fingerprint density at radius 1 is 1.15 bits per heavy atom. The second-order valence-corrected chi connectivity index (χ2v) is 3.33. The van der Waals surface area contributed by atoms with Crippen LogP contribution in [0.1, 0.15) is 40.5 Å². The highest BCUT2D eigenvalue weighted by molar-refractivity contribution is 4.58. The first-order chi connectivity index (χ1) is 6.15. The van der Waals surface area contributed by atoms with Gasteiger partial charge in [-0.3, -0.25) is 0 Å². The van der Waals surface area contributed by atoms with Gasteiger partial charge in [-0.25, -0.2) is 0 Å². The summed E-state index contributed by atoms with van der Waals surface area (Å²) >= 11 is 0. The van der Waals surface area contributed by atoms with Gasteiger partial charge in [-0.2, -0.15) is 0 Å². The molecular formula is C11H27NO. The minimum atomic E-state index is 0.407. The van der Waals surface area contributed by atoms with Crippen LogP contribution in [0.4, 0.5) is 0 Å². The summed E-state index contributed by atoms with van der Waals surface area (Å²) in [6.45, 7) is 10.7. The van der Waals surface area contributed by atoms with Crippen LogP contribution >= 0.6 is 0 Å².